The zero-order valence-corrected chi connectivity index (χ0v) is 17.5. The smallest absolute Gasteiger partial charge is 0.241 e. The lowest BCUT2D eigenvalue weighted by atomic mass is 9.89. The van der Waals surface area contributed by atoms with Gasteiger partial charge in [-0.15, -0.1) is 11.8 Å². The number of hydrogen-bond acceptors (Lipinski definition) is 2. The summed E-state index contributed by atoms with van der Waals surface area (Å²) in [7, 11) is 0. The summed E-state index contributed by atoms with van der Waals surface area (Å²) in [5.41, 5.74) is 2.23. The molecule has 2 aromatic rings. The first-order chi connectivity index (χ1) is 12.8. The van der Waals surface area contributed by atoms with Gasteiger partial charge in [0.15, 0.2) is 0 Å². The molecule has 3 rings (SSSR count). The second kappa shape index (κ2) is 7.40. The quantitative estimate of drug-likeness (QED) is 0.644. The third kappa shape index (κ3) is 3.89. The van der Waals surface area contributed by atoms with Gasteiger partial charge in [0.1, 0.15) is 0 Å². The zero-order chi connectivity index (χ0) is 19.7. The fourth-order valence-corrected chi connectivity index (χ4v) is 4.22. The van der Waals surface area contributed by atoms with E-state index < -0.39 is 5.41 Å². The molecule has 1 unspecified atom stereocenters. The number of thioether (sulfide) groups is 1. The molecule has 3 heteroatoms. The number of hydrogen-bond donors (Lipinski definition) is 0. The molecular weight excluding hydrogens is 350 g/mol. The van der Waals surface area contributed by atoms with E-state index in [1.54, 1.807) is 11.8 Å². The van der Waals surface area contributed by atoms with Crippen molar-refractivity contribution in [2.75, 3.05) is 6.26 Å². The van der Waals surface area contributed by atoms with Gasteiger partial charge in [0.25, 0.3) is 0 Å². The molecule has 140 valence electrons. The summed E-state index contributed by atoms with van der Waals surface area (Å²) in [5.74, 6) is 0.122. The second-order valence-corrected chi connectivity index (χ2v) is 8.92. The van der Waals surface area contributed by atoms with Crippen LogP contribution in [0.1, 0.15) is 38.8 Å². The van der Waals surface area contributed by atoms with Gasteiger partial charge in [-0.25, -0.2) is 0 Å². The molecule has 0 aliphatic carbocycles. The molecule has 2 aromatic carbocycles. The summed E-state index contributed by atoms with van der Waals surface area (Å²) in [6.07, 6.45) is 6.30. The van der Waals surface area contributed by atoms with Crippen LogP contribution in [0.4, 0.5) is 0 Å². The summed E-state index contributed by atoms with van der Waals surface area (Å²) in [6.45, 7) is 8.28. The Hall–Kier alpha value is -2.26. The van der Waals surface area contributed by atoms with Gasteiger partial charge in [-0.1, -0.05) is 66.7 Å². The number of benzene rings is 2. The molecule has 2 nitrogen and oxygen atoms in total. The van der Waals surface area contributed by atoms with Gasteiger partial charge >= 0.3 is 0 Å². The Morgan fingerprint density at radius 1 is 1.00 bits per heavy atom. The Labute approximate surface area is 167 Å². The van der Waals surface area contributed by atoms with E-state index in [1.807, 2.05) is 48.2 Å². The van der Waals surface area contributed by atoms with E-state index in [1.165, 1.54) is 0 Å². The van der Waals surface area contributed by atoms with E-state index in [0.29, 0.717) is 0 Å². The van der Waals surface area contributed by atoms with E-state index >= 15 is 0 Å². The normalized spacial score (nSPS) is 20.8. The van der Waals surface area contributed by atoms with Crippen LogP contribution in [0.2, 0.25) is 0 Å². The number of rotatable bonds is 4. The Balaban J connectivity index is 2.13. The zero-order valence-electron chi connectivity index (χ0n) is 16.7. The van der Waals surface area contributed by atoms with Crippen molar-refractivity contribution in [2.24, 2.45) is 5.41 Å². The van der Waals surface area contributed by atoms with Crippen LogP contribution in [-0.4, -0.2) is 22.6 Å². The van der Waals surface area contributed by atoms with E-state index in [-0.39, 0.29) is 11.4 Å². The number of carbonyl (C=O) groups is 1. The van der Waals surface area contributed by atoms with Crippen molar-refractivity contribution >= 4 is 28.3 Å². The van der Waals surface area contributed by atoms with Crippen molar-refractivity contribution in [1.82, 2.24) is 4.90 Å². The van der Waals surface area contributed by atoms with Gasteiger partial charge in [-0.3, -0.25) is 4.79 Å². The summed E-state index contributed by atoms with van der Waals surface area (Å²) in [5, 5.41) is 0. The van der Waals surface area contributed by atoms with Crippen LogP contribution < -0.4 is 0 Å². The molecule has 1 aliphatic rings. The lowest BCUT2D eigenvalue weighted by Crippen LogP contribution is -2.45. The monoisotopic (exact) mass is 377 g/mol. The first-order valence-corrected chi connectivity index (χ1v) is 10.4. The highest BCUT2D eigenvalue weighted by Gasteiger charge is 2.46. The van der Waals surface area contributed by atoms with Gasteiger partial charge in [0.05, 0.1) is 5.41 Å². The molecule has 0 radical (unpaired) electrons. The highest BCUT2D eigenvalue weighted by molar-refractivity contribution is 8.07. The fraction of sp³-hybridized carbons (Fsp3) is 0.292. The van der Waals surface area contributed by atoms with Crippen LogP contribution >= 0.6 is 11.8 Å². The minimum Gasteiger partial charge on any atom is -0.306 e. The molecule has 1 heterocycles. The van der Waals surface area contributed by atoms with Crippen LogP contribution in [-0.2, 0) is 4.79 Å². The predicted molar refractivity (Wildman–Crippen MR) is 117 cm³/mol. The van der Waals surface area contributed by atoms with Gasteiger partial charge in [0, 0.05) is 16.1 Å². The second-order valence-electron chi connectivity index (χ2n) is 8.07. The van der Waals surface area contributed by atoms with Gasteiger partial charge in [-0.05, 0) is 51.2 Å². The van der Waals surface area contributed by atoms with Gasteiger partial charge in [-0.2, -0.15) is 0 Å². The van der Waals surface area contributed by atoms with Crippen molar-refractivity contribution in [1.29, 1.82) is 0 Å². The standard InChI is InChI=1S/C24H27NOS/c1-23(2,3)25-20(18-12-8-6-9-13-18)16-24(4,22(25)26)17-21(27-5)19-14-10-7-11-15-19/h6-17H,1-5H3/b21-17-. The highest BCUT2D eigenvalue weighted by atomic mass is 32.2. The maximum Gasteiger partial charge on any atom is 0.241 e. The SMILES string of the molecule is CS/C(=C\C1(C)C=C(c2ccccc2)N(C(C)(C)C)C1=O)c1ccccc1. The Morgan fingerprint density at radius 2 is 1.56 bits per heavy atom. The lowest BCUT2D eigenvalue weighted by molar-refractivity contribution is -0.135. The molecule has 27 heavy (non-hydrogen) atoms. The van der Waals surface area contributed by atoms with E-state index in [4.69, 9.17) is 0 Å². The molecule has 0 saturated carbocycles. The Morgan fingerprint density at radius 3 is 2.07 bits per heavy atom. The summed E-state index contributed by atoms with van der Waals surface area (Å²) >= 11 is 1.68. The molecule has 1 atom stereocenters. The Bertz CT molecular complexity index is 878. The largest absolute Gasteiger partial charge is 0.306 e. The molecule has 1 aliphatic heterocycles. The maximum atomic E-state index is 13.6. The van der Waals surface area contributed by atoms with Crippen molar-refractivity contribution in [3.8, 4) is 0 Å². The summed E-state index contributed by atoms with van der Waals surface area (Å²) in [6, 6.07) is 20.4. The number of amides is 1. The van der Waals surface area contributed by atoms with Crippen molar-refractivity contribution in [3.63, 3.8) is 0 Å². The van der Waals surface area contributed by atoms with Crippen LogP contribution in [0, 0.1) is 5.41 Å². The molecule has 1 amide bonds. The van der Waals surface area contributed by atoms with Crippen LogP contribution in [0.15, 0.2) is 72.8 Å². The van der Waals surface area contributed by atoms with Crippen molar-refractivity contribution in [2.45, 2.75) is 33.2 Å². The van der Waals surface area contributed by atoms with Crippen LogP contribution in [0.25, 0.3) is 10.6 Å². The molecule has 0 saturated heterocycles. The summed E-state index contributed by atoms with van der Waals surface area (Å²) < 4.78 is 0. The van der Waals surface area contributed by atoms with E-state index in [2.05, 4.69) is 63.4 Å². The average molecular weight is 378 g/mol. The molecule has 0 aromatic heterocycles. The third-order valence-corrected chi connectivity index (χ3v) is 5.58. The minimum atomic E-state index is -0.674. The number of carbonyl (C=O) groups excluding carboxylic acids is 1. The van der Waals surface area contributed by atoms with Crippen molar-refractivity contribution < 1.29 is 4.79 Å². The molecule has 0 fully saturated rings. The first-order valence-electron chi connectivity index (χ1n) is 9.21. The highest BCUT2D eigenvalue weighted by Crippen LogP contribution is 2.44. The Kier molecular flexibility index (Phi) is 5.34. The lowest BCUT2D eigenvalue weighted by Gasteiger charge is -2.36. The average Bonchev–Trinajstić information content (AvgIpc) is 2.93. The third-order valence-electron chi connectivity index (χ3n) is 4.79. The molecular formula is C24H27NOS. The first kappa shape index (κ1) is 19.5. The van der Waals surface area contributed by atoms with Crippen molar-refractivity contribution in [3.05, 3.63) is 83.9 Å². The topological polar surface area (TPSA) is 20.3 Å². The van der Waals surface area contributed by atoms with E-state index in [9.17, 15) is 4.79 Å². The van der Waals surface area contributed by atoms with Gasteiger partial charge in [0.2, 0.25) is 5.91 Å². The fourth-order valence-electron chi connectivity index (χ4n) is 3.49. The number of nitrogens with zero attached hydrogens (tertiary/aromatic N) is 1. The van der Waals surface area contributed by atoms with Crippen LogP contribution in [0.3, 0.4) is 0 Å². The minimum absolute atomic E-state index is 0.122. The maximum absolute atomic E-state index is 13.6. The predicted octanol–water partition coefficient (Wildman–Crippen LogP) is 6.08. The van der Waals surface area contributed by atoms with Crippen LogP contribution in [0.5, 0.6) is 0 Å². The molecule has 0 N–H and O–H groups in total. The molecule has 0 bridgehead atoms. The van der Waals surface area contributed by atoms with E-state index in [0.717, 1.165) is 21.7 Å². The summed E-state index contributed by atoms with van der Waals surface area (Å²) in [4.78, 5) is 16.6. The molecule has 0 spiro atoms. The van der Waals surface area contributed by atoms with Gasteiger partial charge < -0.3 is 4.90 Å².